The van der Waals surface area contributed by atoms with Crippen LogP contribution in [-0.2, 0) is 10.8 Å². The first kappa shape index (κ1) is 16.3. The zero-order valence-corrected chi connectivity index (χ0v) is 16.0. The maximum atomic E-state index is 13.1. The molecule has 2 aliphatic rings. The number of hydrogen-bond acceptors (Lipinski definition) is 2. The summed E-state index contributed by atoms with van der Waals surface area (Å²) in [6.45, 7) is 13.6. The van der Waals surface area contributed by atoms with Crippen molar-refractivity contribution in [3.63, 3.8) is 0 Å². The minimum Gasteiger partial charge on any atom is -0.257 e. The van der Waals surface area contributed by atoms with Crippen LogP contribution in [0.15, 0.2) is 41.5 Å². The number of rotatable bonds is 1. The highest BCUT2D eigenvalue weighted by molar-refractivity contribution is 8.15. The molecule has 2 bridgehead atoms. The molecule has 4 unspecified atom stereocenters. The molecule has 120 valence electrons. The molecule has 0 spiro atoms. The third kappa shape index (κ3) is 2.50. The van der Waals surface area contributed by atoms with Crippen molar-refractivity contribution in [3.8, 4) is 0 Å². The van der Waals surface area contributed by atoms with Crippen molar-refractivity contribution < 1.29 is 4.21 Å². The van der Waals surface area contributed by atoms with Crippen molar-refractivity contribution in [2.75, 3.05) is 0 Å². The lowest BCUT2D eigenvalue weighted by Gasteiger charge is -2.37. The van der Waals surface area contributed by atoms with Crippen molar-refractivity contribution in [1.82, 2.24) is 0 Å². The Morgan fingerprint density at radius 1 is 0.909 bits per heavy atom. The van der Waals surface area contributed by atoms with Crippen LogP contribution in [0.4, 0.5) is 0 Å². The molecule has 1 fully saturated rings. The number of thioether (sulfide) groups is 1. The van der Waals surface area contributed by atoms with E-state index in [1.807, 2.05) is 11.8 Å². The molecular weight excluding hydrogens is 308 g/mol. The Morgan fingerprint density at radius 3 is 1.95 bits per heavy atom. The molecule has 1 nitrogen and oxygen atoms in total. The Balaban J connectivity index is 2.14. The summed E-state index contributed by atoms with van der Waals surface area (Å²) in [6.07, 6.45) is 0. The molecule has 3 heteroatoms. The predicted molar refractivity (Wildman–Crippen MR) is 98.4 cm³/mol. The van der Waals surface area contributed by atoms with Crippen molar-refractivity contribution in [1.29, 1.82) is 0 Å². The molecule has 3 rings (SSSR count). The van der Waals surface area contributed by atoms with Crippen LogP contribution in [0, 0.1) is 10.8 Å². The first-order chi connectivity index (χ1) is 10.1. The lowest BCUT2D eigenvalue weighted by molar-refractivity contribution is 0.434. The molecule has 4 atom stereocenters. The van der Waals surface area contributed by atoms with Gasteiger partial charge in [-0.25, -0.2) is 0 Å². The minimum atomic E-state index is -0.796. The monoisotopic (exact) mass is 334 g/mol. The standard InChI is InChI=1S/C19H26OS2/c1-18(2,3)13-14(19(4,5)6)17-21-15(16(13)22(17)20)12-10-8-7-9-11-12/h7-11,15-17H,1-6H3. The fourth-order valence-corrected chi connectivity index (χ4v) is 8.98. The summed E-state index contributed by atoms with van der Waals surface area (Å²) in [5.41, 5.74) is 4.39. The van der Waals surface area contributed by atoms with E-state index in [-0.39, 0.29) is 20.7 Å². The predicted octanol–water partition coefficient (Wildman–Crippen LogP) is 5.32. The summed E-state index contributed by atoms with van der Waals surface area (Å²) in [7, 11) is -0.796. The molecule has 0 aromatic heterocycles. The third-order valence-electron chi connectivity index (χ3n) is 4.56. The van der Waals surface area contributed by atoms with Crippen molar-refractivity contribution in [2.24, 2.45) is 10.8 Å². The van der Waals surface area contributed by atoms with Crippen LogP contribution < -0.4 is 0 Å². The summed E-state index contributed by atoms with van der Waals surface area (Å²) in [5, 5.41) is 0.513. The first-order valence-corrected chi connectivity index (χ1v) is 10.2. The molecule has 0 aliphatic carbocycles. The Morgan fingerprint density at radius 2 is 1.45 bits per heavy atom. The average molecular weight is 335 g/mol. The third-order valence-corrected chi connectivity index (χ3v) is 8.62. The highest BCUT2D eigenvalue weighted by Gasteiger charge is 2.57. The van der Waals surface area contributed by atoms with E-state index < -0.39 is 10.8 Å². The number of fused-ring (bicyclic) bond motifs is 2. The Hall–Kier alpha value is -0.540. The molecule has 1 aromatic carbocycles. The topological polar surface area (TPSA) is 17.1 Å². The highest BCUT2D eigenvalue weighted by atomic mass is 32.2. The minimum absolute atomic E-state index is 0.0751. The van der Waals surface area contributed by atoms with Crippen LogP contribution in [0.1, 0.15) is 52.4 Å². The van der Waals surface area contributed by atoms with Crippen LogP contribution in [-0.4, -0.2) is 14.0 Å². The fraction of sp³-hybridized carbons (Fsp3) is 0.579. The summed E-state index contributed by atoms with van der Waals surface area (Å²) in [5.74, 6) is 0. The molecule has 2 aliphatic heterocycles. The van der Waals surface area contributed by atoms with E-state index in [0.717, 1.165) is 0 Å². The smallest absolute Gasteiger partial charge is 0.103 e. The summed E-state index contributed by atoms with van der Waals surface area (Å²) >= 11 is 1.92. The summed E-state index contributed by atoms with van der Waals surface area (Å²) in [6, 6.07) is 10.6. The van der Waals surface area contributed by atoms with Gasteiger partial charge in [0.25, 0.3) is 0 Å². The highest BCUT2D eigenvalue weighted by Crippen LogP contribution is 2.63. The summed E-state index contributed by atoms with van der Waals surface area (Å²) < 4.78 is 13.3. The second-order valence-corrected chi connectivity index (χ2v) is 11.6. The lowest BCUT2D eigenvalue weighted by atomic mass is 9.73. The van der Waals surface area contributed by atoms with Gasteiger partial charge in [-0.2, -0.15) is 0 Å². The molecule has 0 N–H and O–H groups in total. The van der Waals surface area contributed by atoms with Gasteiger partial charge in [0, 0.05) is 16.0 Å². The fourth-order valence-electron chi connectivity index (χ4n) is 3.73. The van der Waals surface area contributed by atoms with Gasteiger partial charge in [0.15, 0.2) is 0 Å². The lowest BCUT2D eigenvalue weighted by Crippen LogP contribution is -2.29. The summed E-state index contributed by atoms with van der Waals surface area (Å²) in [4.78, 5) is 0. The van der Waals surface area contributed by atoms with Crippen molar-refractivity contribution in [3.05, 3.63) is 47.0 Å². The number of hydrogen-bond donors (Lipinski definition) is 0. The van der Waals surface area contributed by atoms with Gasteiger partial charge in [0.05, 0.1) is 5.25 Å². The van der Waals surface area contributed by atoms with Gasteiger partial charge in [-0.05, 0) is 27.5 Å². The van der Waals surface area contributed by atoms with E-state index in [2.05, 4.69) is 71.9 Å². The number of benzene rings is 1. The first-order valence-electron chi connectivity index (χ1n) is 7.97. The van der Waals surface area contributed by atoms with Gasteiger partial charge in [-0.3, -0.25) is 4.21 Å². The molecule has 1 aromatic rings. The zero-order valence-electron chi connectivity index (χ0n) is 14.3. The van der Waals surface area contributed by atoms with E-state index >= 15 is 0 Å². The van der Waals surface area contributed by atoms with E-state index in [9.17, 15) is 4.21 Å². The van der Waals surface area contributed by atoms with Gasteiger partial charge in [-0.1, -0.05) is 71.9 Å². The largest absolute Gasteiger partial charge is 0.257 e. The van der Waals surface area contributed by atoms with Crippen LogP contribution >= 0.6 is 11.8 Å². The van der Waals surface area contributed by atoms with E-state index in [0.29, 0.717) is 5.25 Å². The maximum absolute atomic E-state index is 13.1. The van der Waals surface area contributed by atoms with E-state index in [1.165, 1.54) is 16.7 Å². The second-order valence-electron chi connectivity index (χ2n) is 8.38. The molecule has 0 amide bonds. The van der Waals surface area contributed by atoms with Crippen molar-refractivity contribution in [2.45, 2.75) is 56.6 Å². The average Bonchev–Trinajstić information content (AvgIpc) is 2.89. The van der Waals surface area contributed by atoms with E-state index in [1.54, 1.807) is 0 Å². The Kier molecular flexibility index (Phi) is 3.89. The van der Waals surface area contributed by atoms with Crippen LogP contribution in [0.3, 0.4) is 0 Å². The van der Waals surface area contributed by atoms with E-state index in [4.69, 9.17) is 0 Å². The molecule has 0 saturated carbocycles. The molecule has 1 saturated heterocycles. The molecule has 0 radical (unpaired) electrons. The van der Waals surface area contributed by atoms with Crippen molar-refractivity contribution >= 4 is 22.6 Å². The van der Waals surface area contributed by atoms with Crippen LogP contribution in [0.2, 0.25) is 0 Å². The molecular formula is C19H26OS2. The molecule has 2 heterocycles. The maximum Gasteiger partial charge on any atom is 0.103 e. The van der Waals surface area contributed by atoms with Crippen LogP contribution in [0.25, 0.3) is 0 Å². The zero-order chi connectivity index (χ0) is 16.3. The molecule has 22 heavy (non-hydrogen) atoms. The van der Waals surface area contributed by atoms with Gasteiger partial charge in [-0.15, -0.1) is 11.8 Å². The SMILES string of the molecule is CC(C)(C)C1=C(C(C)(C)C)C2C(c3ccccc3)SC1S2=O. The quantitative estimate of drug-likeness (QED) is 0.647. The van der Waals surface area contributed by atoms with Gasteiger partial charge >= 0.3 is 0 Å². The Bertz CT molecular complexity index is 632. The normalized spacial score (nSPS) is 31.9. The van der Waals surface area contributed by atoms with Crippen LogP contribution in [0.5, 0.6) is 0 Å². The van der Waals surface area contributed by atoms with Gasteiger partial charge in [0.1, 0.15) is 4.58 Å². The van der Waals surface area contributed by atoms with Gasteiger partial charge < -0.3 is 0 Å². The second kappa shape index (κ2) is 5.24. The Labute approximate surface area is 141 Å². The van der Waals surface area contributed by atoms with Gasteiger partial charge in [0.2, 0.25) is 0 Å².